The van der Waals surface area contributed by atoms with E-state index in [9.17, 15) is 9.59 Å². The lowest BCUT2D eigenvalue weighted by Crippen LogP contribution is -2.24. The summed E-state index contributed by atoms with van der Waals surface area (Å²) in [5.41, 5.74) is 0.412. The molecule has 1 amide bonds. The van der Waals surface area contributed by atoms with Gasteiger partial charge in [0, 0.05) is 19.4 Å². The van der Waals surface area contributed by atoms with Crippen molar-refractivity contribution in [3.63, 3.8) is 0 Å². The largest absolute Gasteiger partial charge is 0.465 e. The normalized spacial score (nSPS) is 10.5. The van der Waals surface area contributed by atoms with Gasteiger partial charge in [-0.25, -0.2) is 4.79 Å². The number of methoxy groups -OCH3 is 1. The molecule has 108 valence electrons. The summed E-state index contributed by atoms with van der Waals surface area (Å²) < 4.78 is 4.75. The molecule has 0 radical (unpaired) electrons. The van der Waals surface area contributed by atoms with Crippen molar-refractivity contribution in [1.82, 2.24) is 0 Å². The summed E-state index contributed by atoms with van der Waals surface area (Å²) in [5, 5.41) is 0. The van der Waals surface area contributed by atoms with E-state index in [4.69, 9.17) is 4.74 Å². The summed E-state index contributed by atoms with van der Waals surface area (Å²) in [6.45, 7) is 7.48. The smallest absolute Gasteiger partial charge is 0.350 e. The molecule has 0 aromatic carbocycles. The molecule has 0 saturated heterocycles. The average molecular weight is 293 g/mol. The Morgan fingerprint density at radius 1 is 1.35 bits per heavy atom. The Bertz CT molecular complexity index is 584. The van der Waals surface area contributed by atoms with Gasteiger partial charge in [-0.15, -0.1) is 11.3 Å². The van der Waals surface area contributed by atoms with E-state index in [1.807, 2.05) is 20.8 Å². The molecule has 0 bridgehead atoms. The number of anilines is 1. The Labute approximate surface area is 123 Å². The summed E-state index contributed by atoms with van der Waals surface area (Å²) in [6, 6.07) is 1.75. The lowest BCUT2D eigenvalue weighted by Gasteiger charge is -2.14. The summed E-state index contributed by atoms with van der Waals surface area (Å²) in [6.07, 6.45) is 0. The van der Waals surface area contributed by atoms with E-state index >= 15 is 0 Å². The minimum absolute atomic E-state index is 0.123. The second kappa shape index (κ2) is 6.10. The molecule has 0 spiro atoms. The lowest BCUT2D eigenvalue weighted by molar-refractivity contribution is -0.116. The molecule has 1 aromatic heterocycles. The molecular formula is C15H19NO3S. The van der Waals surface area contributed by atoms with Gasteiger partial charge in [-0.3, -0.25) is 4.79 Å². The van der Waals surface area contributed by atoms with Gasteiger partial charge in [-0.05, 0) is 26.8 Å². The number of hydrogen-bond acceptors (Lipinski definition) is 4. The predicted octanol–water partition coefficient (Wildman–Crippen LogP) is 2.92. The molecule has 1 rings (SSSR count). The Morgan fingerprint density at radius 2 is 1.95 bits per heavy atom. The fourth-order valence-corrected chi connectivity index (χ4v) is 2.31. The Morgan fingerprint density at radius 3 is 2.40 bits per heavy atom. The first-order valence-electron chi connectivity index (χ1n) is 6.15. The number of hydrogen-bond donors (Lipinski definition) is 0. The average Bonchev–Trinajstić information content (AvgIpc) is 2.77. The molecule has 1 heterocycles. The van der Waals surface area contributed by atoms with Crippen molar-refractivity contribution < 1.29 is 14.3 Å². The van der Waals surface area contributed by atoms with Gasteiger partial charge in [0.15, 0.2) is 0 Å². The van der Waals surface area contributed by atoms with E-state index in [2.05, 4.69) is 11.8 Å². The topological polar surface area (TPSA) is 46.6 Å². The van der Waals surface area contributed by atoms with Crippen LogP contribution in [0.1, 0.15) is 42.2 Å². The second-order valence-corrected chi connectivity index (χ2v) is 6.45. The highest BCUT2D eigenvalue weighted by molar-refractivity contribution is 7.15. The maximum atomic E-state index is 11.8. The van der Waals surface area contributed by atoms with Gasteiger partial charge in [0.25, 0.3) is 0 Å². The third-order valence-corrected chi connectivity index (χ3v) is 3.50. The quantitative estimate of drug-likeness (QED) is 0.622. The number of esters is 1. The number of ether oxygens (including phenoxy) is 1. The third kappa shape index (κ3) is 4.10. The van der Waals surface area contributed by atoms with Gasteiger partial charge in [0.2, 0.25) is 5.91 Å². The van der Waals surface area contributed by atoms with Gasteiger partial charge >= 0.3 is 5.97 Å². The van der Waals surface area contributed by atoms with Crippen LogP contribution < -0.4 is 4.90 Å². The summed E-state index contributed by atoms with van der Waals surface area (Å²) in [4.78, 5) is 25.8. The van der Waals surface area contributed by atoms with E-state index in [0.29, 0.717) is 10.6 Å². The molecule has 1 aromatic rings. The van der Waals surface area contributed by atoms with Gasteiger partial charge in [-0.1, -0.05) is 11.8 Å². The van der Waals surface area contributed by atoms with E-state index in [1.165, 1.54) is 30.3 Å². The molecule has 0 aliphatic rings. The number of carbonyl (C=O) groups excluding carboxylic acids is 2. The summed E-state index contributed by atoms with van der Waals surface area (Å²) in [7, 11) is 2.94. The number of nitrogens with zero attached hydrogens (tertiary/aromatic N) is 1. The third-order valence-electron chi connectivity index (χ3n) is 2.48. The molecule has 0 saturated carbocycles. The number of rotatable bonds is 2. The first kappa shape index (κ1) is 16.3. The minimum Gasteiger partial charge on any atom is -0.465 e. The molecule has 0 unspecified atom stereocenters. The Hall–Kier alpha value is -1.80. The lowest BCUT2D eigenvalue weighted by atomic mass is 9.98. The molecule has 0 fully saturated rings. The SMILES string of the molecule is COC(=O)c1sc(C#CC(C)(C)C)cc1N(C)C(C)=O. The van der Waals surface area contributed by atoms with Gasteiger partial charge < -0.3 is 9.64 Å². The molecule has 20 heavy (non-hydrogen) atoms. The van der Waals surface area contributed by atoms with Crippen LogP contribution in [-0.4, -0.2) is 26.0 Å². The van der Waals surface area contributed by atoms with E-state index in [0.717, 1.165) is 4.88 Å². The van der Waals surface area contributed by atoms with Crippen molar-refractivity contribution in [3.8, 4) is 11.8 Å². The number of amides is 1. The zero-order valence-electron chi connectivity index (χ0n) is 12.7. The van der Waals surface area contributed by atoms with Crippen molar-refractivity contribution in [3.05, 3.63) is 15.8 Å². The fourth-order valence-electron chi connectivity index (χ4n) is 1.35. The van der Waals surface area contributed by atoms with Crippen LogP contribution in [0, 0.1) is 17.3 Å². The maximum absolute atomic E-state index is 11.8. The van der Waals surface area contributed by atoms with E-state index in [-0.39, 0.29) is 11.3 Å². The van der Waals surface area contributed by atoms with Gasteiger partial charge in [0.05, 0.1) is 17.7 Å². The van der Waals surface area contributed by atoms with Crippen LogP contribution in [0.3, 0.4) is 0 Å². The summed E-state index contributed by atoms with van der Waals surface area (Å²) in [5.74, 6) is 5.54. The highest BCUT2D eigenvalue weighted by atomic mass is 32.1. The predicted molar refractivity (Wildman–Crippen MR) is 81.1 cm³/mol. The van der Waals surface area contributed by atoms with Crippen LogP contribution >= 0.6 is 11.3 Å². The number of thiophene rings is 1. The molecule has 4 nitrogen and oxygen atoms in total. The van der Waals surface area contributed by atoms with Crippen LogP contribution in [0.2, 0.25) is 0 Å². The Kier molecular flexibility index (Phi) is 4.96. The first-order chi connectivity index (χ1) is 9.15. The van der Waals surface area contributed by atoms with Crippen molar-refractivity contribution >= 4 is 28.9 Å². The second-order valence-electron chi connectivity index (χ2n) is 5.39. The summed E-state index contributed by atoms with van der Waals surface area (Å²) >= 11 is 1.24. The fraction of sp³-hybridized carbons (Fsp3) is 0.467. The van der Waals surface area contributed by atoms with Crippen molar-refractivity contribution in [1.29, 1.82) is 0 Å². The molecular weight excluding hydrogens is 274 g/mol. The molecule has 0 aliphatic heterocycles. The molecule has 0 atom stereocenters. The monoisotopic (exact) mass is 293 g/mol. The highest BCUT2D eigenvalue weighted by Gasteiger charge is 2.21. The van der Waals surface area contributed by atoms with Gasteiger partial charge in [-0.2, -0.15) is 0 Å². The number of carbonyl (C=O) groups is 2. The first-order valence-corrected chi connectivity index (χ1v) is 6.97. The Balaban J connectivity index is 3.28. The van der Waals surface area contributed by atoms with E-state index < -0.39 is 5.97 Å². The molecule has 5 heteroatoms. The zero-order chi connectivity index (χ0) is 15.5. The van der Waals surface area contributed by atoms with Crippen molar-refractivity contribution in [2.45, 2.75) is 27.7 Å². The van der Waals surface area contributed by atoms with Crippen LogP contribution in [0.4, 0.5) is 5.69 Å². The molecule has 0 N–H and O–H groups in total. The van der Waals surface area contributed by atoms with Crippen LogP contribution in [0.5, 0.6) is 0 Å². The van der Waals surface area contributed by atoms with Crippen molar-refractivity contribution in [2.75, 3.05) is 19.1 Å². The maximum Gasteiger partial charge on any atom is 0.350 e. The van der Waals surface area contributed by atoms with Crippen LogP contribution in [-0.2, 0) is 9.53 Å². The van der Waals surface area contributed by atoms with E-state index in [1.54, 1.807) is 13.1 Å². The molecule has 0 aliphatic carbocycles. The standard InChI is InChI=1S/C15H19NO3S/c1-10(17)16(5)12-9-11(7-8-15(2,3)4)20-13(12)14(18)19-6/h9H,1-6H3. The van der Waals surface area contributed by atoms with Crippen LogP contribution in [0.15, 0.2) is 6.07 Å². The minimum atomic E-state index is -0.457. The van der Waals surface area contributed by atoms with Crippen molar-refractivity contribution in [2.24, 2.45) is 5.41 Å². The highest BCUT2D eigenvalue weighted by Crippen LogP contribution is 2.30. The zero-order valence-corrected chi connectivity index (χ0v) is 13.5. The van der Waals surface area contributed by atoms with Gasteiger partial charge in [0.1, 0.15) is 4.88 Å². The van der Waals surface area contributed by atoms with Crippen LogP contribution in [0.25, 0.3) is 0 Å².